The van der Waals surface area contributed by atoms with Gasteiger partial charge < -0.3 is 5.32 Å². The molecule has 4 aliphatic rings. The molecule has 4 saturated carbocycles. The Morgan fingerprint density at radius 2 is 1.52 bits per heavy atom. The van der Waals surface area contributed by atoms with Gasteiger partial charge in [-0.2, -0.15) is 0 Å². The van der Waals surface area contributed by atoms with E-state index in [2.05, 4.69) is 17.4 Å². The summed E-state index contributed by atoms with van der Waals surface area (Å²) in [6.07, 6.45) is 9.17. The molecule has 1 atom stereocenters. The van der Waals surface area contributed by atoms with Crippen LogP contribution >= 0.6 is 0 Å². The van der Waals surface area contributed by atoms with Gasteiger partial charge in [0.1, 0.15) is 6.54 Å². The van der Waals surface area contributed by atoms with Gasteiger partial charge >= 0.3 is 0 Å². The van der Waals surface area contributed by atoms with Crippen LogP contribution in [0.5, 0.6) is 0 Å². The van der Waals surface area contributed by atoms with Crippen LogP contribution in [0.4, 0.5) is 5.69 Å². The summed E-state index contributed by atoms with van der Waals surface area (Å²) >= 11 is 0. The first kappa shape index (κ1) is 22.5. The molecule has 1 N–H and O–H groups in total. The minimum atomic E-state index is -3.60. The molecule has 4 fully saturated rings. The maximum Gasteiger partial charge on any atom is 0.241 e. The highest BCUT2D eigenvalue weighted by atomic mass is 32.2. The van der Waals surface area contributed by atoms with Gasteiger partial charge in [0, 0.05) is 0 Å². The summed E-state index contributed by atoms with van der Waals surface area (Å²) in [6, 6.07) is 17.5. The zero-order valence-electron chi connectivity index (χ0n) is 19.5. The molecule has 0 aromatic heterocycles. The van der Waals surface area contributed by atoms with E-state index in [1.807, 2.05) is 49.4 Å². The van der Waals surface area contributed by atoms with Crippen molar-refractivity contribution in [1.29, 1.82) is 0 Å². The van der Waals surface area contributed by atoms with E-state index in [-0.39, 0.29) is 23.9 Å². The van der Waals surface area contributed by atoms with Crippen LogP contribution in [0.3, 0.4) is 0 Å². The molecule has 0 heterocycles. The fourth-order valence-electron chi connectivity index (χ4n) is 7.09. The van der Waals surface area contributed by atoms with Gasteiger partial charge in [-0.15, -0.1) is 0 Å². The highest BCUT2D eigenvalue weighted by Crippen LogP contribution is 2.60. The number of rotatable bonds is 7. The van der Waals surface area contributed by atoms with Crippen molar-refractivity contribution < 1.29 is 13.2 Å². The van der Waals surface area contributed by atoms with Crippen LogP contribution in [0, 0.1) is 17.8 Å². The van der Waals surface area contributed by atoms with Crippen LogP contribution in [0.2, 0.25) is 0 Å². The number of hydrogen-bond acceptors (Lipinski definition) is 3. The Morgan fingerprint density at radius 1 is 0.970 bits per heavy atom. The second-order valence-electron chi connectivity index (χ2n) is 10.7. The Bertz CT molecular complexity index is 1080. The van der Waals surface area contributed by atoms with Crippen molar-refractivity contribution in [2.24, 2.45) is 17.8 Å². The molecular weight excluding hydrogens is 432 g/mol. The number of amides is 1. The third-order valence-corrected chi connectivity index (χ3v) is 9.31. The monoisotopic (exact) mass is 466 g/mol. The van der Waals surface area contributed by atoms with Gasteiger partial charge in [0.05, 0.1) is 18.0 Å². The van der Waals surface area contributed by atoms with Crippen molar-refractivity contribution in [2.45, 2.75) is 56.9 Å². The van der Waals surface area contributed by atoms with E-state index in [4.69, 9.17) is 0 Å². The number of sulfonamides is 1. The first-order valence-corrected chi connectivity index (χ1v) is 14.0. The summed E-state index contributed by atoms with van der Waals surface area (Å²) < 4.78 is 26.4. The van der Waals surface area contributed by atoms with Crippen molar-refractivity contribution in [3.8, 4) is 0 Å². The van der Waals surface area contributed by atoms with Gasteiger partial charge in [0.25, 0.3) is 0 Å². The number of nitrogens with one attached hydrogen (secondary N) is 1. The lowest BCUT2D eigenvalue weighted by molar-refractivity contribution is -0.120. The standard InChI is InChI=1S/C27H34N2O3S/c1-19(23-6-4-3-5-7-23)28-26(30)18-29(33(2,31)32)25-10-8-24(9-11-25)27-15-20-12-21(16-27)14-22(13-20)17-27/h3-11,19-22H,12-18H2,1-2H3,(H,28,30)/t19-,20?,21?,22?,27?/m1/s1. The molecule has 6 rings (SSSR count). The molecule has 176 valence electrons. The van der Waals surface area contributed by atoms with Crippen LogP contribution in [-0.4, -0.2) is 27.1 Å². The number of anilines is 1. The van der Waals surface area contributed by atoms with Crippen molar-refractivity contribution in [2.75, 3.05) is 17.1 Å². The predicted molar refractivity (Wildman–Crippen MR) is 131 cm³/mol. The van der Waals surface area contributed by atoms with Gasteiger partial charge in [-0.1, -0.05) is 42.5 Å². The van der Waals surface area contributed by atoms with E-state index in [1.54, 1.807) is 0 Å². The Morgan fingerprint density at radius 3 is 2.03 bits per heavy atom. The van der Waals surface area contributed by atoms with Crippen molar-refractivity contribution in [3.05, 3.63) is 65.7 Å². The zero-order valence-corrected chi connectivity index (χ0v) is 20.4. The number of carbonyl (C=O) groups is 1. The lowest BCUT2D eigenvalue weighted by atomic mass is 9.48. The van der Waals surface area contributed by atoms with Crippen molar-refractivity contribution in [1.82, 2.24) is 5.32 Å². The molecule has 0 unspecified atom stereocenters. The Labute approximate surface area is 197 Å². The molecule has 0 radical (unpaired) electrons. The number of carbonyl (C=O) groups excluding carboxylic acids is 1. The van der Waals surface area contributed by atoms with Crippen LogP contribution in [-0.2, 0) is 20.2 Å². The highest BCUT2D eigenvalue weighted by Gasteiger charge is 2.51. The van der Waals surface area contributed by atoms with E-state index < -0.39 is 10.0 Å². The fraction of sp³-hybridized carbons (Fsp3) is 0.519. The Balaban J connectivity index is 1.32. The topological polar surface area (TPSA) is 66.5 Å². The molecule has 0 spiro atoms. The van der Waals surface area contributed by atoms with Gasteiger partial charge in [-0.25, -0.2) is 8.42 Å². The minimum Gasteiger partial charge on any atom is -0.348 e. The summed E-state index contributed by atoms with van der Waals surface area (Å²) in [7, 11) is -3.60. The molecule has 4 aliphatic carbocycles. The lowest BCUT2D eigenvalue weighted by Crippen LogP contribution is -2.48. The maximum atomic E-state index is 12.7. The smallest absolute Gasteiger partial charge is 0.241 e. The number of nitrogens with zero attached hydrogens (tertiary/aromatic N) is 1. The average Bonchev–Trinajstić information content (AvgIpc) is 2.76. The van der Waals surface area contributed by atoms with E-state index in [0.717, 1.165) is 29.6 Å². The number of benzene rings is 2. The quantitative estimate of drug-likeness (QED) is 0.638. The Kier molecular flexibility index (Phi) is 5.76. The third-order valence-electron chi connectivity index (χ3n) is 8.17. The largest absolute Gasteiger partial charge is 0.348 e. The molecule has 1 amide bonds. The molecule has 6 heteroatoms. The average molecular weight is 467 g/mol. The first-order chi connectivity index (χ1) is 15.7. The van der Waals surface area contributed by atoms with Crippen LogP contribution in [0.25, 0.3) is 0 Å². The molecule has 2 aromatic rings. The van der Waals surface area contributed by atoms with Crippen LogP contribution < -0.4 is 9.62 Å². The first-order valence-electron chi connectivity index (χ1n) is 12.1. The van der Waals surface area contributed by atoms with E-state index in [0.29, 0.717) is 5.69 Å². The van der Waals surface area contributed by atoms with Gasteiger partial charge in [-0.3, -0.25) is 9.10 Å². The Hall–Kier alpha value is -2.34. The second kappa shape index (κ2) is 8.46. The van der Waals surface area contributed by atoms with Crippen molar-refractivity contribution >= 4 is 21.6 Å². The van der Waals surface area contributed by atoms with Gasteiger partial charge in [0.15, 0.2) is 0 Å². The molecule has 4 bridgehead atoms. The maximum absolute atomic E-state index is 12.7. The third kappa shape index (κ3) is 4.54. The SMILES string of the molecule is C[C@@H](NC(=O)CN(c1ccc(C23CC4CC(CC(C4)C2)C3)cc1)S(C)(=O)=O)c1ccccc1. The molecule has 0 saturated heterocycles. The fourth-order valence-corrected chi connectivity index (χ4v) is 7.94. The highest BCUT2D eigenvalue weighted by molar-refractivity contribution is 7.92. The summed E-state index contributed by atoms with van der Waals surface area (Å²) in [4.78, 5) is 12.7. The molecule has 0 aliphatic heterocycles. The summed E-state index contributed by atoms with van der Waals surface area (Å²) in [6.45, 7) is 1.67. The van der Waals surface area contributed by atoms with Gasteiger partial charge in [0.2, 0.25) is 15.9 Å². The molecular formula is C27H34N2O3S. The van der Waals surface area contributed by atoms with Crippen LogP contribution in [0.1, 0.15) is 62.6 Å². The zero-order chi connectivity index (χ0) is 23.2. The summed E-state index contributed by atoms with van der Waals surface area (Å²) in [5.74, 6) is 2.26. The molecule has 5 nitrogen and oxygen atoms in total. The number of hydrogen-bond donors (Lipinski definition) is 1. The van der Waals surface area contributed by atoms with E-state index in [1.165, 1.54) is 48.4 Å². The second-order valence-corrected chi connectivity index (χ2v) is 12.6. The van der Waals surface area contributed by atoms with E-state index >= 15 is 0 Å². The van der Waals surface area contributed by atoms with Gasteiger partial charge in [-0.05, 0) is 91.9 Å². The van der Waals surface area contributed by atoms with Crippen LogP contribution in [0.15, 0.2) is 54.6 Å². The van der Waals surface area contributed by atoms with Crippen molar-refractivity contribution in [3.63, 3.8) is 0 Å². The minimum absolute atomic E-state index is 0.196. The van der Waals surface area contributed by atoms with E-state index in [9.17, 15) is 13.2 Å². The lowest BCUT2D eigenvalue weighted by Gasteiger charge is -2.57. The molecule has 33 heavy (non-hydrogen) atoms. The summed E-state index contributed by atoms with van der Waals surface area (Å²) in [5, 5.41) is 2.92. The summed E-state index contributed by atoms with van der Waals surface area (Å²) in [5.41, 5.74) is 3.15. The predicted octanol–water partition coefficient (Wildman–Crippen LogP) is 4.80. The normalized spacial score (nSPS) is 29.0. The molecule has 2 aromatic carbocycles.